The van der Waals surface area contributed by atoms with E-state index in [1.165, 1.54) is 0 Å². The molecular formula is C23H23N3O3. The molecule has 6 heteroatoms. The number of rotatable bonds is 6. The van der Waals surface area contributed by atoms with Crippen molar-refractivity contribution in [2.45, 2.75) is 20.4 Å². The van der Waals surface area contributed by atoms with Crippen LogP contribution in [0.25, 0.3) is 11.1 Å². The van der Waals surface area contributed by atoms with Gasteiger partial charge in [0.05, 0.1) is 6.54 Å². The number of nitrogens with one attached hydrogen (secondary N) is 3. The highest BCUT2D eigenvalue weighted by molar-refractivity contribution is 5.96. The normalized spacial score (nSPS) is 10.4. The van der Waals surface area contributed by atoms with Crippen molar-refractivity contribution in [3.8, 4) is 11.1 Å². The molecule has 3 rings (SSSR count). The largest absolute Gasteiger partial charge is 0.350 e. The topological polar surface area (TPSA) is 91.1 Å². The van der Waals surface area contributed by atoms with E-state index in [0.29, 0.717) is 11.1 Å². The van der Waals surface area contributed by atoms with Gasteiger partial charge >= 0.3 is 0 Å². The van der Waals surface area contributed by atoms with Gasteiger partial charge in [0.25, 0.3) is 11.5 Å². The molecule has 0 radical (unpaired) electrons. The number of aromatic amines is 1. The number of hydrogen-bond acceptors (Lipinski definition) is 3. The van der Waals surface area contributed by atoms with Gasteiger partial charge in [-0.05, 0) is 48.7 Å². The summed E-state index contributed by atoms with van der Waals surface area (Å²) in [6.07, 6.45) is 0. The summed E-state index contributed by atoms with van der Waals surface area (Å²) in [5, 5.41) is 5.26. The number of aryl methyl sites for hydroxylation is 2. The third kappa shape index (κ3) is 5.19. The first-order chi connectivity index (χ1) is 13.9. The van der Waals surface area contributed by atoms with Crippen molar-refractivity contribution < 1.29 is 9.59 Å². The summed E-state index contributed by atoms with van der Waals surface area (Å²) < 4.78 is 0. The van der Waals surface area contributed by atoms with Gasteiger partial charge < -0.3 is 15.6 Å². The molecule has 0 atom stereocenters. The van der Waals surface area contributed by atoms with Gasteiger partial charge in [0.15, 0.2) is 0 Å². The van der Waals surface area contributed by atoms with E-state index in [-0.39, 0.29) is 30.5 Å². The molecule has 0 bridgehead atoms. The molecule has 0 saturated heterocycles. The maximum atomic E-state index is 12.3. The highest BCUT2D eigenvalue weighted by Crippen LogP contribution is 2.19. The van der Waals surface area contributed by atoms with Crippen LogP contribution < -0.4 is 16.2 Å². The van der Waals surface area contributed by atoms with Crippen molar-refractivity contribution in [1.29, 1.82) is 0 Å². The zero-order valence-electron chi connectivity index (χ0n) is 16.4. The second kappa shape index (κ2) is 9.01. The molecule has 3 N–H and O–H groups in total. The van der Waals surface area contributed by atoms with Gasteiger partial charge in [-0.25, -0.2) is 0 Å². The predicted molar refractivity (Wildman–Crippen MR) is 113 cm³/mol. The van der Waals surface area contributed by atoms with Crippen LogP contribution in [0.15, 0.2) is 65.5 Å². The number of amides is 2. The second-order valence-electron chi connectivity index (χ2n) is 6.85. The van der Waals surface area contributed by atoms with Crippen LogP contribution in [-0.2, 0) is 11.3 Å². The summed E-state index contributed by atoms with van der Waals surface area (Å²) in [4.78, 5) is 39.0. The molecule has 148 valence electrons. The lowest BCUT2D eigenvalue weighted by atomic mass is 10.0. The monoisotopic (exact) mass is 389 g/mol. The molecule has 0 aliphatic heterocycles. The SMILES string of the molecule is Cc1cc(C)c(CNC(=O)CNC(=O)c2ccc(-c3ccccc3)cc2)c(=O)[nH]1. The fourth-order valence-electron chi connectivity index (χ4n) is 3.06. The fraction of sp³-hybridized carbons (Fsp3) is 0.174. The van der Waals surface area contributed by atoms with Crippen molar-refractivity contribution in [2.75, 3.05) is 6.54 Å². The quantitative estimate of drug-likeness (QED) is 0.605. The minimum atomic E-state index is -0.362. The molecule has 0 fully saturated rings. The predicted octanol–water partition coefficient (Wildman–Crippen LogP) is 2.70. The lowest BCUT2D eigenvalue weighted by molar-refractivity contribution is -0.120. The van der Waals surface area contributed by atoms with E-state index in [4.69, 9.17) is 0 Å². The van der Waals surface area contributed by atoms with E-state index < -0.39 is 0 Å². The standard InChI is InChI=1S/C23H23N3O3/c1-15-12-16(2)26-23(29)20(15)13-24-21(27)14-25-22(28)19-10-8-18(9-11-19)17-6-4-3-5-7-17/h3-12H,13-14H2,1-2H3,(H,24,27)(H,25,28)(H,26,29). The summed E-state index contributed by atoms with van der Waals surface area (Å²) in [6, 6.07) is 18.9. The van der Waals surface area contributed by atoms with Gasteiger partial charge in [0, 0.05) is 23.4 Å². The van der Waals surface area contributed by atoms with Crippen LogP contribution >= 0.6 is 0 Å². The summed E-state index contributed by atoms with van der Waals surface area (Å²) >= 11 is 0. The number of carbonyl (C=O) groups is 2. The van der Waals surface area contributed by atoms with Gasteiger partial charge in [-0.3, -0.25) is 14.4 Å². The van der Waals surface area contributed by atoms with Crippen molar-refractivity contribution >= 4 is 11.8 Å². The van der Waals surface area contributed by atoms with E-state index >= 15 is 0 Å². The Bertz CT molecular complexity index is 1070. The van der Waals surface area contributed by atoms with Gasteiger partial charge in [-0.15, -0.1) is 0 Å². The molecule has 0 aliphatic rings. The molecule has 1 aromatic heterocycles. The molecular weight excluding hydrogens is 366 g/mol. The van der Waals surface area contributed by atoms with Crippen molar-refractivity contribution in [3.05, 3.63) is 93.4 Å². The Kier molecular flexibility index (Phi) is 6.24. The molecule has 2 amide bonds. The van der Waals surface area contributed by atoms with Gasteiger partial charge in [-0.2, -0.15) is 0 Å². The Labute approximate surface area is 169 Å². The lowest BCUT2D eigenvalue weighted by Crippen LogP contribution is -2.37. The van der Waals surface area contributed by atoms with Crippen LogP contribution in [0.1, 0.15) is 27.2 Å². The first-order valence-electron chi connectivity index (χ1n) is 9.34. The van der Waals surface area contributed by atoms with Crippen LogP contribution in [0, 0.1) is 13.8 Å². The Morgan fingerprint density at radius 1 is 0.897 bits per heavy atom. The number of aromatic nitrogens is 1. The highest BCUT2D eigenvalue weighted by Gasteiger charge is 2.10. The Morgan fingerprint density at radius 3 is 2.21 bits per heavy atom. The van der Waals surface area contributed by atoms with E-state index in [0.717, 1.165) is 22.4 Å². The number of benzene rings is 2. The van der Waals surface area contributed by atoms with E-state index in [1.807, 2.05) is 55.5 Å². The molecule has 0 aliphatic carbocycles. The van der Waals surface area contributed by atoms with Crippen molar-refractivity contribution in [1.82, 2.24) is 15.6 Å². The third-order valence-electron chi connectivity index (χ3n) is 4.62. The maximum absolute atomic E-state index is 12.3. The van der Waals surface area contributed by atoms with Crippen LogP contribution in [0.3, 0.4) is 0 Å². The van der Waals surface area contributed by atoms with E-state index in [1.54, 1.807) is 19.1 Å². The maximum Gasteiger partial charge on any atom is 0.253 e. The Morgan fingerprint density at radius 2 is 1.55 bits per heavy atom. The Hall–Kier alpha value is -3.67. The van der Waals surface area contributed by atoms with Crippen molar-refractivity contribution in [3.63, 3.8) is 0 Å². The zero-order valence-corrected chi connectivity index (χ0v) is 16.4. The highest BCUT2D eigenvalue weighted by atomic mass is 16.2. The molecule has 3 aromatic rings. The Balaban J connectivity index is 1.53. The molecule has 29 heavy (non-hydrogen) atoms. The second-order valence-corrected chi connectivity index (χ2v) is 6.85. The van der Waals surface area contributed by atoms with E-state index in [2.05, 4.69) is 15.6 Å². The van der Waals surface area contributed by atoms with Crippen LogP contribution in [0.4, 0.5) is 0 Å². The number of pyridine rings is 1. The lowest BCUT2D eigenvalue weighted by Gasteiger charge is -2.09. The van der Waals surface area contributed by atoms with Gasteiger partial charge in [0.1, 0.15) is 0 Å². The van der Waals surface area contributed by atoms with Crippen LogP contribution in [0.2, 0.25) is 0 Å². The minimum absolute atomic E-state index is 0.113. The molecule has 0 spiro atoms. The fourth-order valence-corrected chi connectivity index (χ4v) is 3.06. The third-order valence-corrected chi connectivity index (χ3v) is 4.62. The molecule has 1 heterocycles. The first-order valence-corrected chi connectivity index (χ1v) is 9.34. The zero-order chi connectivity index (χ0) is 20.8. The number of H-pyrrole nitrogens is 1. The summed E-state index contributed by atoms with van der Waals surface area (Å²) in [5.74, 6) is -0.692. The van der Waals surface area contributed by atoms with E-state index in [9.17, 15) is 14.4 Å². The summed E-state index contributed by atoms with van der Waals surface area (Å²) in [6.45, 7) is 3.58. The van der Waals surface area contributed by atoms with Crippen LogP contribution in [-0.4, -0.2) is 23.3 Å². The molecule has 6 nitrogen and oxygen atoms in total. The molecule has 0 saturated carbocycles. The molecule has 0 unspecified atom stereocenters. The average Bonchev–Trinajstić information content (AvgIpc) is 2.72. The smallest absolute Gasteiger partial charge is 0.253 e. The first kappa shape index (κ1) is 20.1. The van der Waals surface area contributed by atoms with Gasteiger partial charge in [-0.1, -0.05) is 42.5 Å². The number of carbonyl (C=O) groups excluding carboxylic acids is 2. The molecule has 2 aromatic carbocycles. The summed E-state index contributed by atoms with van der Waals surface area (Å²) in [7, 11) is 0. The number of hydrogen-bond donors (Lipinski definition) is 3. The average molecular weight is 389 g/mol. The minimum Gasteiger partial charge on any atom is -0.350 e. The van der Waals surface area contributed by atoms with Gasteiger partial charge in [0.2, 0.25) is 5.91 Å². The van der Waals surface area contributed by atoms with Crippen LogP contribution in [0.5, 0.6) is 0 Å². The summed E-state index contributed by atoms with van der Waals surface area (Å²) in [5.41, 5.74) is 4.43. The van der Waals surface area contributed by atoms with Crippen molar-refractivity contribution in [2.24, 2.45) is 0 Å².